The van der Waals surface area contributed by atoms with Gasteiger partial charge < -0.3 is 0 Å². The van der Waals surface area contributed by atoms with Crippen molar-refractivity contribution in [2.45, 2.75) is 336 Å². The molecule has 10 heterocycles. The summed E-state index contributed by atoms with van der Waals surface area (Å²) in [6, 6.07) is 23.8. The molecule has 0 aliphatic heterocycles. The van der Waals surface area contributed by atoms with Crippen molar-refractivity contribution < 1.29 is 0 Å². The number of aromatic nitrogens is 17. The van der Waals surface area contributed by atoms with Crippen molar-refractivity contribution in [1.29, 1.82) is 0 Å². The molecule has 110 heavy (non-hydrogen) atoms. The first-order valence-electron chi connectivity index (χ1n) is 41.1. The summed E-state index contributed by atoms with van der Waals surface area (Å²) in [7, 11) is 0. The molecule has 0 fully saturated rings. The van der Waals surface area contributed by atoms with Crippen molar-refractivity contribution in [1.82, 2.24) is 85.2 Å². The average Bonchev–Trinajstić information content (AvgIpc) is 1.12. The Labute approximate surface area is 677 Å². The number of hydrogen-bond acceptors (Lipinski definition) is 17. The van der Waals surface area contributed by atoms with E-state index in [1.807, 2.05) is 242 Å². The summed E-state index contributed by atoms with van der Waals surface area (Å²) in [5.41, 5.74) is 10.5. The van der Waals surface area contributed by atoms with Gasteiger partial charge in [0.2, 0.25) is 0 Å². The van der Waals surface area contributed by atoms with Crippen LogP contribution in [0.2, 0.25) is 0 Å². The first-order valence-corrected chi connectivity index (χ1v) is 41.1. The van der Waals surface area contributed by atoms with E-state index in [0.29, 0.717) is 59.2 Å². The smallest absolute Gasteiger partial charge is 0.130 e. The zero-order chi connectivity index (χ0) is 86.9. The largest absolute Gasteiger partial charge is 0.265 e. The van der Waals surface area contributed by atoms with Gasteiger partial charge in [-0.3, -0.25) is 34.9 Å². The molecule has 0 aliphatic carbocycles. The topological polar surface area (TPSA) is 219 Å². The second-order valence-electron chi connectivity index (χ2n) is 23.4. The lowest BCUT2D eigenvalue weighted by molar-refractivity contribution is 0.774. The van der Waals surface area contributed by atoms with Gasteiger partial charge >= 0.3 is 0 Å². The van der Waals surface area contributed by atoms with Crippen molar-refractivity contribution in [3.63, 3.8) is 0 Å². The molecule has 0 aliphatic rings. The van der Waals surface area contributed by atoms with Crippen LogP contribution < -0.4 is 0 Å². The molecular formula is C93H163N17. The van der Waals surface area contributed by atoms with Crippen molar-refractivity contribution in [2.75, 3.05) is 0 Å². The van der Waals surface area contributed by atoms with Crippen LogP contribution >= 0.6 is 0 Å². The van der Waals surface area contributed by atoms with E-state index >= 15 is 0 Å². The van der Waals surface area contributed by atoms with Gasteiger partial charge in [-0.25, -0.2) is 29.9 Å². The van der Waals surface area contributed by atoms with Gasteiger partial charge in [-0.2, -0.15) is 20.4 Å². The van der Waals surface area contributed by atoms with E-state index in [9.17, 15) is 0 Å². The summed E-state index contributed by atoms with van der Waals surface area (Å²) in [6.45, 7) is 82.5. The standard InChI is InChI=1S/3C8H11N.7C7H10N2.10C2H6/c1-7(2)8-3-5-9-6-4-8;1-7(2)8-4-3-5-9-6-8;1-7(2)8-5-3-4-6-9-8;1-6(2)7-3-8-5-9-4-7;2*1-6(2)7-5-8-3-4-9-7;1-6(2)7-3-4-8-5-9-7;1-6(2)7-3-4-8-9-5-7;1-6(2)7-8-4-3-5-9-7;1-6(2)7-4-3-5-8-9-7;10*1-2/h3*3-7H,1-2H3;7*3-6H,1-2H3;10*1-2H3. The summed E-state index contributed by atoms with van der Waals surface area (Å²) >= 11 is 0. The van der Waals surface area contributed by atoms with Gasteiger partial charge in [0.1, 0.15) is 18.5 Å². The van der Waals surface area contributed by atoms with E-state index in [1.54, 1.807) is 93.2 Å². The maximum Gasteiger partial charge on any atom is 0.130 e. The number of pyridine rings is 3. The van der Waals surface area contributed by atoms with Crippen LogP contribution in [0.1, 0.15) is 393 Å². The monoisotopic (exact) mass is 1520 g/mol. The zero-order valence-electron chi connectivity index (χ0n) is 77.4. The summed E-state index contributed by atoms with van der Waals surface area (Å²) < 4.78 is 0. The zero-order valence-corrected chi connectivity index (χ0v) is 77.4. The Morgan fingerprint density at radius 3 is 0.800 bits per heavy atom. The van der Waals surface area contributed by atoms with Gasteiger partial charge in [0, 0.05) is 129 Å². The lowest BCUT2D eigenvalue weighted by atomic mass is 10.1. The Morgan fingerprint density at radius 1 is 0.182 bits per heavy atom. The molecule has 0 N–H and O–H groups in total. The van der Waals surface area contributed by atoms with Crippen LogP contribution in [0.4, 0.5) is 0 Å². The first kappa shape index (κ1) is 122. The second kappa shape index (κ2) is 96.1. The van der Waals surface area contributed by atoms with Crippen LogP contribution in [-0.4, -0.2) is 85.2 Å². The first-order chi connectivity index (χ1) is 53.0. The van der Waals surface area contributed by atoms with E-state index in [2.05, 4.69) is 230 Å². The number of hydrogen-bond donors (Lipinski definition) is 0. The highest BCUT2D eigenvalue weighted by molar-refractivity contribution is 5.14. The normalized spacial score (nSPS) is 8.82. The van der Waals surface area contributed by atoms with E-state index in [0.717, 1.165) is 34.3 Å². The third-order valence-corrected chi connectivity index (χ3v) is 12.4. The minimum atomic E-state index is 0.436. The third kappa shape index (κ3) is 77.2. The van der Waals surface area contributed by atoms with Gasteiger partial charge in [-0.05, 0) is 136 Å². The van der Waals surface area contributed by atoms with Gasteiger partial charge in [0.15, 0.2) is 0 Å². The molecule has 0 saturated heterocycles. The van der Waals surface area contributed by atoms with Gasteiger partial charge in [-0.15, -0.1) is 0 Å². The fraction of sp³-hybridized carbons (Fsp3) is 0.538. The quantitative estimate of drug-likeness (QED) is 0.124. The Hall–Kier alpha value is -8.99. The highest BCUT2D eigenvalue weighted by Crippen LogP contribution is 2.15. The number of rotatable bonds is 10. The molecular weight excluding hydrogens is 1360 g/mol. The van der Waals surface area contributed by atoms with E-state index in [-0.39, 0.29) is 0 Å². The van der Waals surface area contributed by atoms with Gasteiger partial charge in [0.25, 0.3) is 0 Å². The van der Waals surface area contributed by atoms with Crippen LogP contribution in [0, 0.1) is 0 Å². The predicted octanol–water partition coefficient (Wildman–Crippen LogP) is 28.1. The lowest BCUT2D eigenvalue weighted by Gasteiger charge is -2.01. The van der Waals surface area contributed by atoms with Crippen molar-refractivity contribution in [3.05, 3.63) is 260 Å². The summed E-state index contributed by atoms with van der Waals surface area (Å²) in [4.78, 5) is 52.0. The summed E-state index contributed by atoms with van der Waals surface area (Å²) in [6.07, 6.45) is 36.9. The predicted molar refractivity (Wildman–Crippen MR) is 481 cm³/mol. The molecule has 0 unspecified atom stereocenters. The minimum Gasteiger partial charge on any atom is -0.265 e. The van der Waals surface area contributed by atoms with Crippen LogP contribution in [-0.2, 0) is 0 Å². The molecule has 0 spiro atoms. The molecule has 17 nitrogen and oxygen atoms in total. The van der Waals surface area contributed by atoms with E-state index < -0.39 is 0 Å². The van der Waals surface area contributed by atoms with Crippen LogP contribution in [0.3, 0.4) is 0 Å². The molecule has 10 aromatic rings. The summed E-state index contributed by atoms with van der Waals surface area (Å²) in [5, 5.41) is 15.1. The van der Waals surface area contributed by atoms with Crippen molar-refractivity contribution in [3.8, 4) is 0 Å². The molecule has 620 valence electrons. The molecule has 0 saturated carbocycles. The minimum absolute atomic E-state index is 0.436. The van der Waals surface area contributed by atoms with Crippen LogP contribution in [0.25, 0.3) is 0 Å². The Kier molecular flexibility index (Phi) is 107. The van der Waals surface area contributed by atoms with Crippen molar-refractivity contribution >= 4 is 0 Å². The maximum absolute atomic E-state index is 4.18. The average molecular weight is 1520 g/mol. The van der Waals surface area contributed by atoms with Gasteiger partial charge in [0.05, 0.1) is 23.3 Å². The second-order valence-corrected chi connectivity index (χ2v) is 23.4. The molecule has 10 aromatic heterocycles. The van der Waals surface area contributed by atoms with Crippen molar-refractivity contribution in [2.24, 2.45) is 0 Å². The van der Waals surface area contributed by atoms with E-state index in [1.165, 1.54) is 22.3 Å². The van der Waals surface area contributed by atoms with E-state index in [4.69, 9.17) is 0 Å². The molecule has 0 atom stereocenters. The maximum atomic E-state index is 4.18. The lowest BCUT2D eigenvalue weighted by Crippen LogP contribution is -1.93. The third-order valence-electron chi connectivity index (χ3n) is 12.4. The van der Waals surface area contributed by atoms with Crippen LogP contribution in [0.5, 0.6) is 0 Å². The Morgan fingerprint density at radius 2 is 0.555 bits per heavy atom. The molecule has 0 amide bonds. The summed E-state index contributed by atoms with van der Waals surface area (Å²) in [5.74, 6) is 6.16. The fourth-order valence-corrected chi connectivity index (χ4v) is 6.52. The fourth-order valence-electron chi connectivity index (χ4n) is 6.52. The van der Waals surface area contributed by atoms with Gasteiger partial charge in [-0.1, -0.05) is 289 Å². The Bertz CT molecular complexity index is 2420. The molecule has 17 heteroatoms. The molecule has 0 aromatic carbocycles. The van der Waals surface area contributed by atoms with Crippen LogP contribution in [0.15, 0.2) is 203 Å². The molecule has 0 bridgehead atoms. The highest BCUT2D eigenvalue weighted by Gasteiger charge is 2.02. The SMILES string of the molecule is CC.CC.CC.CC.CC.CC.CC.CC.CC.CC.CC(C)c1ccccn1.CC(C)c1cccnc1.CC(C)c1cccnn1.CC(C)c1ccncc1.CC(C)c1ccncn1.CC(C)c1ccnnc1.CC(C)c1cnccn1.CC(C)c1cnccn1.CC(C)c1cncnc1.CC(C)c1ncccn1. The number of nitrogens with zero attached hydrogens (tertiary/aromatic N) is 17. The Balaban J connectivity index is -0.000000123. The molecule has 0 radical (unpaired) electrons. The molecule has 10 rings (SSSR count). The highest BCUT2D eigenvalue weighted by atomic mass is 15.1.